The molecule has 1 aromatic heterocycles. The Bertz CT molecular complexity index is 1270. The van der Waals surface area contributed by atoms with Crippen LogP contribution in [0.4, 0.5) is 38.0 Å². The van der Waals surface area contributed by atoms with Crippen LogP contribution in [0.25, 0.3) is 0 Å². The van der Waals surface area contributed by atoms with Gasteiger partial charge in [-0.3, -0.25) is 0 Å². The largest absolute Gasteiger partial charge is 0.416 e. The predicted molar refractivity (Wildman–Crippen MR) is 123 cm³/mol. The maximum atomic E-state index is 13.8. The summed E-state index contributed by atoms with van der Waals surface area (Å²) in [6, 6.07) is 4.20. The molecule has 0 fully saturated rings. The summed E-state index contributed by atoms with van der Waals surface area (Å²) in [5.74, 6) is 0.138. The van der Waals surface area contributed by atoms with Crippen LogP contribution in [0.5, 0.6) is 0 Å². The van der Waals surface area contributed by atoms with Crippen LogP contribution in [0.3, 0.4) is 0 Å². The van der Waals surface area contributed by atoms with E-state index in [9.17, 15) is 26.3 Å². The van der Waals surface area contributed by atoms with Gasteiger partial charge in [-0.1, -0.05) is 22.8 Å². The molecular formula is C23H23ClF6N6. The zero-order valence-electron chi connectivity index (χ0n) is 19.6. The number of benzene rings is 2. The number of aromatic nitrogens is 4. The Hall–Kier alpha value is -3.02. The van der Waals surface area contributed by atoms with E-state index in [2.05, 4.69) is 20.7 Å². The van der Waals surface area contributed by atoms with Gasteiger partial charge in [0.15, 0.2) is 0 Å². The number of hydrogen-bond donors (Lipinski definition) is 1. The van der Waals surface area contributed by atoms with Gasteiger partial charge in [0.05, 0.1) is 24.2 Å². The molecule has 0 aliphatic carbocycles. The van der Waals surface area contributed by atoms with Gasteiger partial charge in [0.2, 0.25) is 0 Å². The van der Waals surface area contributed by atoms with Gasteiger partial charge in [0, 0.05) is 23.8 Å². The topological polar surface area (TPSA) is 58.9 Å². The van der Waals surface area contributed by atoms with E-state index >= 15 is 0 Å². The molecule has 0 radical (unpaired) electrons. The van der Waals surface area contributed by atoms with E-state index in [1.54, 1.807) is 11.9 Å². The minimum Gasteiger partial charge on any atom is -0.385 e. The number of nitrogens with one attached hydrogen (secondary N) is 1. The molecule has 0 spiro atoms. The summed E-state index contributed by atoms with van der Waals surface area (Å²) in [6.45, 7) is 3.18. The normalized spacial score (nSPS) is 16.3. The minimum atomic E-state index is -4.60. The summed E-state index contributed by atoms with van der Waals surface area (Å²) in [5.41, 5.74) is -0.293. The highest BCUT2D eigenvalue weighted by Gasteiger charge is 2.38. The average molecular weight is 533 g/mol. The Labute approximate surface area is 208 Å². The van der Waals surface area contributed by atoms with Gasteiger partial charge < -0.3 is 10.2 Å². The van der Waals surface area contributed by atoms with Crippen molar-refractivity contribution in [3.63, 3.8) is 0 Å². The third kappa shape index (κ3) is 5.23. The first-order chi connectivity index (χ1) is 16.8. The third-order valence-corrected chi connectivity index (χ3v) is 6.39. The van der Waals surface area contributed by atoms with Gasteiger partial charge >= 0.3 is 12.4 Å². The molecule has 1 aliphatic heterocycles. The lowest BCUT2D eigenvalue weighted by molar-refractivity contribution is -0.139. The van der Waals surface area contributed by atoms with Crippen molar-refractivity contribution >= 4 is 23.2 Å². The van der Waals surface area contributed by atoms with Crippen molar-refractivity contribution in [3.8, 4) is 0 Å². The number of halogens is 7. The summed E-state index contributed by atoms with van der Waals surface area (Å²) in [7, 11) is 1.54. The summed E-state index contributed by atoms with van der Waals surface area (Å²) in [4.78, 5) is 2.87. The van der Waals surface area contributed by atoms with Gasteiger partial charge in [0.25, 0.3) is 5.95 Å². The molecule has 0 amide bonds. The molecule has 6 nitrogen and oxygen atoms in total. The molecule has 36 heavy (non-hydrogen) atoms. The number of fused-ring (bicyclic) bond motifs is 1. The first kappa shape index (κ1) is 26.1. The maximum absolute atomic E-state index is 13.8. The first-order valence-corrected chi connectivity index (χ1v) is 11.5. The molecule has 0 saturated heterocycles. The highest BCUT2D eigenvalue weighted by atomic mass is 35.5. The second kappa shape index (κ2) is 9.45. The van der Waals surface area contributed by atoms with E-state index in [-0.39, 0.29) is 34.2 Å². The number of aryl methyl sites for hydroxylation is 2. The van der Waals surface area contributed by atoms with Crippen molar-refractivity contribution in [1.82, 2.24) is 20.2 Å². The molecule has 194 valence electrons. The Balaban J connectivity index is 1.86. The number of anilines is 2. The van der Waals surface area contributed by atoms with Gasteiger partial charge in [-0.2, -0.15) is 31.1 Å². The molecule has 1 unspecified atom stereocenters. The fraction of sp³-hybridized carbons (Fsp3) is 0.435. The van der Waals surface area contributed by atoms with Gasteiger partial charge in [0.1, 0.15) is 0 Å². The molecule has 0 bridgehead atoms. The maximum Gasteiger partial charge on any atom is 0.416 e. The van der Waals surface area contributed by atoms with Crippen LogP contribution in [-0.4, -0.2) is 26.8 Å². The monoisotopic (exact) mass is 532 g/mol. The lowest BCUT2D eigenvalue weighted by atomic mass is 9.91. The molecule has 2 aromatic carbocycles. The van der Waals surface area contributed by atoms with E-state index < -0.39 is 29.5 Å². The number of nitrogens with zero attached hydrogens (tertiary/aromatic N) is 5. The second-order valence-electron chi connectivity index (χ2n) is 8.79. The standard InChI is InChI=1S/C23H23ClF6N6/c1-12-7-17-18(5-4-6-31-20(17)13(2)19(12)23(28,29)30)36(21-32-34-35(3)33-21)11-14-8-15(22(25,26)27)10-16(24)9-14/h7-10,18,31H,4-6,11H2,1-3H3. The van der Waals surface area contributed by atoms with Crippen molar-refractivity contribution < 1.29 is 26.3 Å². The van der Waals surface area contributed by atoms with E-state index in [4.69, 9.17) is 11.6 Å². The molecule has 0 saturated carbocycles. The van der Waals surface area contributed by atoms with Gasteiger partial charge in [-0.25, -0.2) is 0 Å². The highest BCUT2D eigenvalue weighted by Crippen LogP contribution is 2.44. The van der Waals surface area contributed by atoms with Crippen molar-refractivity contribution in [2.75, 3.05) is 16.8 Å². The quantitative estimate of drug-likeness (QED) is 0.390. The van der Waals surface area contributed by atoms with Crippen LogP contribution in [-0.2, 0) is 25.9 Å². The smallest absolute Gasteiger partial charge is 0.385 e. The molecule has 4 rings (SSSR count). The molecule has 3 aromatic rings. The number of tetrazole rings is 1. The number of alkyl halides is 6. The van der Waals surface area contributed by atoms with Gasteiger partial charge in [-0.05, 0) is 72.4 Å². The van der Waals surface area contributed by atoms with E-state index in [1.807, 2.05) is 0 Å². The van der Waals surface area contributed by atoms with E-state index in [1.165, 1.54) is 30.8 Å². The van der Waals surface area contributed by atoms with Crippen LogP contribution in [0.15, 0.2) is 24.3 Å². The molecule has 1 atom stereocenters. The zero-order valence-corrected chi connectivity index (χ0v) is 20.4. The van der Waals surface area contributed by atoms with Crippen LogP contribution in [0, 0.1) is 13.8 Å². The van der Waals surface area contributed by atoms with E-state index in [0.717, 1.165) is 12.1 Å². The Morgan fingerprint density at radius 1 is 1.08 bits per heavy atom. The Morgan fingerprint density at radius 2 is 1.81 bits per heavy atom. The summed E-state index contributed by atoms with van der Waals surface area (Å²) < 4.78 is 81.7. The average Bonchev–Trinajstić information content (AvgIpc) is 3.06. The summed E-state index contributed by atoms with van der Waals surface area (Å²) in [6.07, 6.45) is -8.04. The van der Waals surface area contributed by atoms with Crippen LogP contribution in [0.1, 0.15) is 52.3 Å². The van der Waals surface area contributed by atoms with Crippen molar-refractivity contribution in [1.29, 1.82) is 0 Å². The molecular weight excluding hydrogens is 510 g/mol. The number of rotatable bonds is 4. The number of hydrogen-bond acceptors (Lipinski definition) is 5. The third-order valence-electron chi connectivity index (χ3n) is 6.17. The lowest BCUT2D eigenvalue weighted by Gasteiger charge is -2.32. The molecule has 1 N–H and O–H groups in total. The second-order valence-corrected chi connectivity index (χ2v) is 9.23. The van der Waals surface area contributed by atoms with E-state index in [0.29, 0.717) is 30.6 Å². The Morgan fingerprint density at radius 3 is 2.42 bits per heavy atom. The molecule has 1 aliphatic rings. The zero-order chi connectivity index (χ0) is 26.4. The van der Waals surface area contributed by atoms with Crippen LogP contribution in [0.2, 0.25) is 5.02 Å². The fourth-order valence-electron chi connectivity index (χ4n) is 4.75. The first-order valence-electron chi connectivity index (χ1n) is 11.1. The predicted octanol–water partition coefficient (Wildman–Crippen LogP) is 6.47. The fourth-order valence-corrected chi connectivity index (χ4v) is 5.01. The Kier molecular flexibility index (Phi) is 6.84. The lowest BCUT2D eigenvalue weighted by Crippen LogP contribution is -2.30. The van der Waals surface area contributed by atoms with Crippen molar-refractivity contribution in [2.24, 2.45) is 7.05 Å². The highest BCUT2D eigenvalue weighted by molar-refractivity contribution is 6.30. The molecule has 13 heteroatoms. The van der Waals surface area contributed by atoms with Crippen molar-refractivity contribution in [3.05, 3.63) is 62.7 Å². The van der Waals surface area contributed by atoms with Crippen molar-refractivity contribution in [2.45, 2.75) is 51.6 Å². The van der Waals surface area contributed by atoms with Gasteiger partial charge in [-0.15, -0.1) is 5.10 Å². The summed E-state index contributed by atoms with van der Waals surface area (Å²) in [5, 5.41) is 15.2. The molecule has 2 heterocycles. The minimum absolute atomic E-state index is 0.0571. The SMILES string of the molecule is Cc1cc2c(c(C)c1C(F)(F)F)NCCCC2N(Cc1cc(Cl)cc(C(F)(F)F)c1)c1nnn(C)n1. The summed E-state index contributed by atoms with van der Waals surface area (Å²) >= 11 is 6.00. The van der Waals surface area contributed by atoms with Crippen LogP contribution < -0.4 is 10.2 Å². The van der Waals surface area contributed by atoms with Crippen LogP contribution >= 0.6 is 11.6 Å².